The van der Waals surface area contributed by atoms with E-state index in [9.17, 15) is 0 Å². The van der Waals surface area contributed by atoms with Crippen LogP contribution in [-0.4, -0.2) is 9.97 Å². The zero-order chi connectivity index (χ0) is 28.7. The summed E-state index contributed by atoms with van der Waals surface area (Å²) in [4.78, 5) is 9.07. The normalized spacial score (nSPS) is 11.2. The van der Waals surface area contributed by atoms with Gasteiger partial charge in [-0.1, -0.05) is 101 Å². The summed E-state index contributed by atoms with van der Waals surface area (Å²) in [5.41, 5.74) is 10.0. The van der Waals surface area contributed by atoms with Crippen molar-refractivity contribution in [3.8, 4) is 22.5 Å². The molecule has 0 spiro atoms. The summed E-state index contributed by atoms with van der Waals surface area (Å²) in [6.07, 6.45) is 3.86. The third-order valence-corrected chi connectivity index (χ3v) is 7.53. The van der Waals surface area contributed by atoms with Crippen LogP contribution in [0.2, 0.25) is 0 Å². The van der Waals surface area contributed by atoms with Gasteiger partial charge in [0.05, 0.1) is 0 Å². The Morgan fingerprint density at radius 3 is 1.21 bits per heavy atom. The Kier molecular flexibility index (Phi) is 12.3. The van der Waals surface area contributed by atoms with E-state index < -0.39 is 0 Å². The fourth-order valence-electron chi connectivity index (χ4n) is 5.35. The molecule has 0 radical (unpaired) electrons. The van der Waals surface area contributed by atoms with Gasteiger partial charge in [0.25, 0.3) is 0 Å². The van der Waals surface area contributed by atoms with E-state index in [2.05, 4.69) is 150 Å². The first-order valence-electron chi connectivity index (χ1n) is 14.2. The van der Waals surface area contributed by atoms with Gasteiger partial charge < -0.3 is 24.8 Å². The van der Waals surface area contributed by atoms with Crippen molar-refractivity contribution in [3.05, 3.63) is 120 Å². The molecule has 0 saturated heterocycles. The molecule has 5 heteroatoms. The Bertz CT molecular complexity index is 1630. The summed E-state index contributed by atoms with van der Waals surface area (Å²) in [5, 5.41) is 5.29. The van der Waals surface area contributed by atoms with Crippen LogP contribution in [0.4, 0.5) is 0 Å². The minimum absolute atomic E-state index is 0. The number of benzene rings is 2. The molecule has 0 N–H and O–H groups in total. The molecule has 2 aromatic heterocycles. The molecule has 0 bridgehead atoms. The summed E-state index contributed by atoms with van der Waals surface area (Å²) < 4.78 is 0. The van der Waals surface area contributed by atoms with E-state index in [-0.39, 0.29) is 61.8 Å². The maximum Gasteiger partial charge on any atom is 4.00 e. The van der Waals surface area contributed by atoms with Crippen molar-refractivity contribution in [2.24, 2.45) is 0 Å². The summed E-state index contributed by atoms with van der Waals surface area (Å²) >= 11 is 0. The second kappa shape index (κ2) is 14.5. The molecule has 2 nitrogen and oxygen atoms in total. The van der Waals surface area contributed by atoms with Crippen molar-refractivity contribution < 1.29 is 51.0 Å². The molecule has 0 aliphatic carbocycles. The van der Waals surface area contributed by atoms with Gasteiger partial charge >= 0.3 is 26.2 Å². The van der Waals surface area contributed by atoms with Crippen LogP contribution >= 0.6 is 0 Å². The molecule has 0 aliphatic heterocycles. The largest absolute Gasteiger partial charge is 4.00 e. The molecule has 0 saturated carbocycles. The van der Waals surface area contributed by atoms with E-state index >= 15 is 0 Å². The molecule has 220 valence electrons. The number of aromatic nitrogens is 2. The van der Waals surface area contributed by atoms with Gasteiger partial charge in [0.2, 0.25) is 0 Å². The molecule has 0 aliphatic rings. The molecule has 0 amide bonds. The van der Waals surface area contributed by atoms with Crippen LogP contribution in [0.3, 0.4) is 0 Å². The number of rotatable bonds is 2. The maximum atomic E-state index is 4.54. The third kappa shape index (κ3) is 8.33. The SMILES string of the molecule is Cc1ccc(-c2cc3c(C(C)(C)C)cccc3[cH-]2)nc1.Cc1ccc(-c2cc3c(C(C)(C)C)cccc3[cH-]2)nc1.[Cl-].[Cl-].[Zr+4]. The minimum atomic E-state index is 0. The Morgan fingerprint density at radius 1 is 0.535 bits per heavy atom. The first kappa shape index (κ1) is 36.6. The Hall–Kier alpha value is -2.58. The first-order chi connectivity index (χ1) is 18.9. The smallest absolute Gasteiger partial charge is 1.00 e. The van der Waals surface area contributed by atoms with Gasteiger partial charge in [-0.3, -0.25) is 9.97 Å². The number of pyridine rings is 2. The molecular formula is C38H40Cl2N2Zr. The van der Waals surface area contributed by atoms with Crippen LogP contribution in [0.1, 0.15) is 63.8 Å². The number of halogens is 2. The molecule has 6 aromatic rings. The van der Waals surface area contributed by atoms with Crippen molar-refractivity contribution in [1.82, 2.24) is 9.97 Å². The van der Waals surface area contributed by atoms with Crippen LogP contribution < -0.4 is 24.8 Å². The van der Waals surface area contributed by atoms with Gasteiger partial charge in [-0.05, 0) is 35.8 Å². The van der Waals surface area contributed by atoms with Crippen LogP contribution in [0.15, 0.2) is 97.3 Å². The van der Waals surface area contributed by atoms with E-state index in [1.165, 1.54) is 54.9 Å². The number of hydrogen-bond acceptors (Lipinski definition) is 2. The number of hydrogen-bond donors (Lipinski definition) is 0. The zero-order valence-electron chi connectivity index (χ0n) is 26.4. The van der Waals surface area contributed by atoms with Gasteiger partial charge in [-0.25, -0.2) is 0 Å². The van der Waals surface area contributed by atoms with Gasteiger partial charge in [-0.2, -0.15) is 0 Å². The van der Waals surface area contributed by atoms with Gasteiger partial charge in [0.1, 0.15) is 0 Å². The molecule has 0 fully saturated rings. The third-order valence-electron chi connectivity index (χ3n) is 7.53. The van der Waals surface area contributed by atoms with E-state index in [4.69, 9.17) is 0 Å². The van der Waals surface area contributed by atoms with Crippen molar-refractivity contribution in [3.63, 3.8) is 0 Å². The first-order valence-corrected chi connectivity index (χ1v) is 14.2. The molecule has 43 heavy (non-hydrogen) atoms. The zero-order valence-corrected chi connectivity index (χ0v) is 30.4. The van der Waals surface area contributed by atoms with E-state index in [1.54, 1.807) is 0 Å². The van der Waals surface area contributed by atoms with E-state index in [1.807, 2.05) is 12.4 Å². The number of aryl methyl sites for hydroxylation is 2. The van der Waals surface area contributed by atoms with Gasteiger partial charge in [0, 0.05) is 23.8 Å². The molecule has 0 atom stereocenters. The standard InChI is InChI=1S/2C19H20N.2ClH.Zr/c2*1-13-8-9-18(20-12-13)15-10-14-6-5-7-17(16(14)11-15)19(2,3)4;;;/h2*5-12H,1-4H3;2*1H;/q2*-1;;;+4/p-2. The molecule has 2 heterocycles. The summed E-state index contributed by atoms with van der Waals surface area (Å²) in [5.74, 6) is 0. The Labute approximate surface area is 289 Å². The van der Waals surface area contributed by atoms with Crippen molar-refractivity contribution in [1.29, 1.82) is 0 Å². The van der Waals surface area contributed by atoms with E-state index in [0.29, 0.717) is 0 Å². The Morgan fingerprint density at radius 2 is 0.907 bits per heavy atom. The Balaban J connectivity index is 0.000000281. The number of nitrogens with zero attached hydrogens (tertiary/aromatic N) is 2. The average molecular weight is 687 g/mol. The summed E-state index contributed by atoms with van der Waals surface area (Å²) in [6, 6.07) is 30.6. The molecule has 4 aromatic carbocycles. The monoisotopic (exact) mass is 684 g/mol. The maximum absolute atomic E-state index is 4.54. The average Bonchev–Trinajstić information content (AvgIpc) is 3.53. The quantitative estimate of drug-likeness (QED) is 0.252. The van der Waals surface area contributed by atoms with Crippen LogP contribution in [0.25, 0.3) is 44.1 Å². The van der Waals surface area contributed by atoms with Gasteiger partial charge in [0.15, 0.2) is 0 Å². The van der Waals surface area contributed by atoms with Crippen LogP contribution in [0.5, 0.6) is 0 Å². The summed E-state index contributed by atoms with van der Waals surface area (Å²) in [7, 11) is 0. The van der Waals surface area contributed by atoms with Gasteiger partial charge in [-0.15, -0.1) is 69.1 Å². The molecule has 0 unspecified atom stereocenters. The minimum Gasteiger partial charge on any atom is -1.00 e. The summed E-state index contributed by atoms with van der Waals surface area (Å²) in [6.45, 7) is 17.7. The fraction of sp³-hybridized carbons (Fsp3) is 0.263. The second-order valence-electron chi connectivity index (χ2n) is 13.0. The van der Waals surface area contributed by atoms with E-state index in [0.717, 1.165) is 11.4 Å². The number of fused-ring (bicyclic) bond motifs is 2. The topological polar surface area (TPSA) is 25.8 Å². The van der Waals surface area contributed by atoms with Crippen molar-refractivity contribution in [2.45, 2.75) is 66.2 Å². The van der Waals surface area contributed by atoms with Crippen LogP contribution in [-0.2, 0) is 37.0 Å². The fourth-order valence-corrected chi connectivity index (χ4v) is 5.35. The van der Waals surface area contributed by atoms with Crippen molar-refractivity contribution in [2.75, 3.05) is 0 Å². The molecule has 6 rings (SSSR count). The molecular weight excluding hydrogens is 647 g/mol. The van der Waals surface area contributed by atoms with Crippen molar-refractivity contribution >= 4 is 21.5 Å². The predicted molar refractivity (Wildman–Crippen MR) is 172 cm³/mol. The second-order valence-corrected chi connectivity index (χ2v) is 13.0. The predicted octanol–water partition coefficient (Wildman–Crippen LogP) is 4.46. The van der Waals surface area contributed by atoms with Crippen LogP contribution in [0, 0.1) is 13.8 Å².